The van der Waals surface area contributed by atoms with Gasteiger partial charge >= 0.3 is 0 Å². The van der Waals surface area contributed by atoms with E-state index in [2.05, 4.69) is 45.6 Å². The number of anilines is 2. The van der Waals surface area contributed by atoms with Crippen LogP contribution in [0.5, 0.6) is 5.75 Å². The SMILES string of the molecule is COc1ccc2c(Nc3ccc4ccccc4c3)ncnc2c1. The van der Waals surface area contributed by atoms with Crippen molar-refractivity contribution in [3.8, 4) is 5.75 Å². The van der Waals surface area contributed by atoms with Gasteiger partial charge in [-0.05, 0) is 35.0 Å². The number of rotatable bonds is 3. The summed E-state index contributed by atoms with van der Waals surface area (Å²) >= 11 is 0. The Morgan fingerprint density at radius 2 is 1.74 bits per heavy atom. The zero-order valence-electron chi connectivity index (χ0n) is 12.7. The van der Waals surface area contributed by atoms with Gasteiger partial charge in [-0.1, -0.05) is 30.3 Å². The van der Waals surface area contributed by atoms with Crippen molar-refractivity contribution < 1.29 is 4.74 Å². The summed E-state index contributed by atoms with van der Waals surface area (Å²) in [6, 6.07) is 20.3. The van der Waals surface area contributed by atoms with Gasteiger partial charge in [0, 0.05) is 17.1 Å². The first kappa shape index (κ1) is 13.5. The zero-order chi connectivity index (χ0) is 15.6. The number of benzene rings is 3. The predicted molar refractivity (Wildman–Crippen MR) is 93.3 cm³/mol. The molecule has 112 valence electrons. The summed E-state index contributed by atoms with van der Waals surface area (Å²) in [6.07, 6.45) is 1.56. The van der Waals surface area contributed by atoms with Crippen molar-refractivity contribution in [3.05, 3.63) is 67.0 Å². The topological polar surface area (TPSA) is 47.0 Å². The minimum absolute atomic E-state index is 0.785. The first-order chi connectivity index (χ1) is 11.3. The molecule has 0 fully saturated rings. The van der Waals surface area contributed by atoms with E-state index in [1.54, 1.807) is 13.4 Å². The van der Waals surface area contributed by atoms with Crippen LogP contribution in [0.25, 0.3) is 21.7 Å². The Balaban J connectivity index is 1.76. The van der Waals surface area contributed by atoms with E-state index >= 15 is 0 Å². The number of hydrogen-bond acceptors (Lipinski definition) is 4. The number of nitrogens with one attached hydrogen (secondary N) is 1. The lowest BCUT2D eigenvalue weighted by Crippen LogP contribution is -1.96. The fourth-order valence-corrected chi connectivity index (χ4v) is 2.67. The summed E-state index contributed by atoms with van der Waals surface area (Å²) in [5.74, 6) is 1.57. The Kier molecular flexibility index (Phi) is 3.27. The molecule has 0 saturated heterocycles. The molecule has 0 amide bonds. The number of methoxy groups -OCH3 is 1. The molecule has 0 spiro atoms. The largest absolute Gasteiger partial charge is 0.497 e. The molecule has 4 heteroatoms. The van der Waals surface area contributed by atoms with Crippen LogP contribution in [0.15, 0.2) is 67.0 Å². The molecule has 0 atom stereocenters. The number of hydrogen-bond donors (Lipinski definition) is 1. The third kappa shape index (κ3) is 2.55. The number of nitrogens with zero attached hydrogens (tertiary/aromatic N) is 2. The molecule has 0 saturated carbocycles. The van der Waals surface area contributed by atoms with Crippen molar-refractivity contribution in [2.75, 3.05) is 12.4 Å². The minimum Gasteiger partial charge on any atom is -0.497 e. The molecule has 0 radical (unpaired) electrons. The van der Waals surface area contributed by atoms with E-state index in [-0.39, 0.29) is 0 Å². The highest BCUT2D eigenvalue weighted by Gasteiger charge is 2.06. The number of aromatic nitrogens is 2. The van der Waals surface area contributed by atoms with Gasteiger partial charge in [0.25, 0.3) is 0 Å². The zero-order valence-corrected chi connectivity index (χ0v) is 12.7. The molecule has 4 rings (SSSR count). The quantitative estimate of drug-likeness (QED) is 0.603. The molecule has 0 aliphatic rings. The van der Waals surface area contributed by atoms with Gasteiger partial charge in [-0.15, -0.1) is 0 Å². The molecule has 4 nitrogen and oxygen atoms in total. The standard InChI is InChI=1S/C19H15N3O/c1-23-16-8-9-17-18(11-16)20-12-21-19(17)22-15-7-6-13-4-2-3-5-14(13)10-15/h2-12H,1H3,(H,20,21,22). The maximum atomic E-state index is 5.25. The normalized spacial score (nSPS) is 10.8. The van der Waals surface area contributed by atoms with Crippen molar-refractivity contribution in [2.24, 2.45) is 0 Å². The summed E-state index contributed by atoms with van der Waals surface area (Å²) in [4.78, 5) is 8.69. The van der Waals surface area contributed by atoms with Gasteiger partial charge in [0.2, 0.25) is 0 Å². The van der Waals surface area contributed by atoms with Crippen molar-refractivity contribution >= 4 is 33.2 Å². The number of fused-ring (bicyclic) bond motifs is 2. The maximum Gasteiger partial charge on any atom is 0.141 e. The van der Waals surface area contributed by atoms with Crippen LogP contribution in [-0.2, 0) is 0 Å². The molecule has 0 aliphatic heterocycles. The monoisotopic (exact) mass is 301 g/mol. The highest BCUT2D eigenvalue weighted by atomic mass is 16.5. The Labute approximate surface area is 133 Å². The Hall–Kier alpha value is -3.14. The second-order valence-corrected chi connectivity index (χ2v) is 5.29. The molecule has 1 heterocycles. The molecule has 1 N–H and O–H groups in total. The van der Waals surface area contributed by atoms with Crippen LogP contribution in [0.3, 0.4) is 0 Å². The van der Waals surface area contributed by atoms with Crippen LogP contribution in [0, 0.1) is 0 Å². The number of ether oxygens (including phenoxy) is 1. The van der Waals surface area contributed by atoms with Gasteiger partial charge in [0.15, 0.2) is 0 Å². The summed E-state index contributed by atoms with van der Waals surface area (Å²) in [5, 5.41) is 6.75. The third-order valence-corrected chi connectivity index (χ3v) is 3.86. The van der Waals surface area contributed by atoms with Gasteiger partial charge in [-0.25, -0.2) is 9.97 Å². The second kappa shape index (κ2) is 5.57. The van der Waals surface area contributed by atoms with Crippen LogP contribution in [-0.4, -0.2) is 17.1 Å². The van der Waals surface area contributed by atoms with Crippen LogP contribution in [0.1, 0.15) is 0 Å². The Morgan fingerprint density at radius 1 is 0.870 bits per heavy atom. The van der Waals surface area contributed by atoms with Gasteiger partial charge in [-0.3, -0.25) is 0 Å². The molecule has 4 aromatic rings. The van der Waals surface area contributed by atoms with Crippen molar-refractivity contribution in [1.29, 1.82) is 0 Å². The van der Waals surface area contributed by atoms with E-state index in [9.17, 15) is 0 Å². The average Bonchev–Trinajstić information content (AvgIpc) is 2.61. The highest BCUT2D eigenvalue weighted by Crippen LogP contribution is 2.27. The molecule has 0 bridgehead atoms. The first-order valence-electron chi connectivity index (χ1n) is 7.38. The van der Waals surface area contributed by atoms with Gasteiger partial charge in [0.1, 0.15) is 17.9 Å². The Bertz CT molecular complexity index is 998. The maximum absolute atomic E-state index is 5.25. The van der Waals surface area contributed by atoms with E-state index in [1.807, 2.05) is 30.3 Å². The summed E-state index contributed by atoms with van der Waals surface area (Å²) in [6.45, 7) is 0. The fourth-order valence-electron chi connectivity index (χ4n) is 2.67. The van der Waals surface area contributed by atoms with Crippen molar-refractivity contribution in [3.63, 3.8) is 0 Å². The van der Waals surface area contributed by atoms with Crippen LogP contribution >= 0.6 is 0 Å². The van der Waals surface area contributed by atoms with Crippen molar-refractivity contribution in [2.45, 2.75) is 0 Å². The second-order valence-electron chi connectivity index (χ2n) is 5.29. The predicted octanol–water partition coefficient (Wildman–Crippen LogP) is 4.54. The molecular formula is C19H15N3O. The van der Waals surface area contributed by atoms with Crippen LogP contribution < -0.4 is 10.1 Å². The van der Waals surface area contributed by atoms with E-state index in [0.29, 0.717) is 0 Å². The Morgan fingerprint density at radius 3 is 2.61 bits per heavy atom. The van der Waals surface area contributed by atoms with E-state index in [4.69, 9.17) is 4.74 Å². The highest BCUT2D eigenvalue weighted by molar-refractivity contribution is 5.93. The van der Waals surface area contributed by atoms with Gasteiger partial charge < -0.3 is 10.1 Å². The molecule has 0 aliphatic carbocycles. The lowest BCUT2D eigenvalue weighted by Gasteiger charge is -2.10. The smallest absolute Gasteiger partial charge is 0.141 e. The molecule has 1 aromatic heterocycles. The summed E-state index contributed by atoms with van der Waals surface area (Å²) < 4.78 is 5.25. The minimum atomic E-state index is 0.785. The summed E-state index contributed by atoms with van der Waals surface area (Å²) in [5.41, 5.74) is 1.85. The molecule has 0 unspecified atom stereocenters. The van der Waals surface area contributed by atoms with Crippen LogP contribution in [0.4, 0.5) is 11.5 Å². The first-order valence-corrected chi connectivity index (χ1v) is 7.38. The lowest BCUT2D eigenvalue weighted by molar-refractivity contribution is 0.415. The summed E-state index contributed by atoms with van der Waals surface area (Å²) in [7, 11) is 1.65. The van der Waals surface area contributed by atoms with Crippen molar-refractivity contribution in [1.82, 2.24) is 9.97 Å². The van der Waals surface area contributed by atoms with Gasteiger partial charge in [-0.2, -0.15) is 0 Å². The van der Waals surface area contributed by atoms with E-state index < -0.39 is 0 Å². The molecular weight excluding hydrogens is 286 g/mol. The fraction of sp³-hybridized carbons (Fsp3) is 0.0526. The van der Waals surface area contributed by atoms with E-state index in [1.165, 1.54) is 10.8 Å². The van der Waals surface area contributed by atoms with E-state index in [0.717, 1.165) is 28.2 Å². The average molecular weight is 301 g/mol. The lowest BCUT2D eigenvalue weighted by atomic mass is 10.1. The third-order valence-electron chi connectivity index (χ3n) is 3.86. The molecule has 23 heavy (non-hydrogen) atoms. The van der Waals surface area contributed by atoms with Crippen LogP contribution in [0.2, 0.25) is 0 Å². The van der Waals surface area contributed by atoms with Gasteiger partial charge in [0.05, 0.1) is 12.6 Å². The molecule has 3 aromatic carbocycles.